The van der Waals surface area contributed by atoms with E-state index in [1.807, 2.05) is 24.3 Å². The topological polar surface area (TPSA) is 44.3 Å². The highest BCUT2D eigenvalue weighted by Crippen LogP contribution is 2.25. The van der Waals surface area contributed by atoms with Crippen LogP contribution in [0, 0.1) is 0 Å². The summed E-state index contributed by atoms with van der Waals surface area (Å²) < 4.78 is 0. The number of anilines is 1. The third kappa shape index (κ3) is 2.67. The van der Waals surface area contributed by atoms with Gasteiger partial charge in [0.25, 0.3) is 0 Å². The molecule has 0 aromatic heterocycles. The van der Waals surface area contributed by atoms with Gasteiger partial charge >= 0.3 is 0 Å². The summed E-state index contributed by atoms with van der Waals surface area (Å²) in [6, 6.07) is 7.63. The Morgan fingerprint density at radius 3 is 2.75 bits per heavy atom. The van der Waals surface area contributed by atoms with Gasteiger partial charge in [0, 0.05) is 10.7 Å². The lowest BCUT2D eigenvalue weighted by atomic mass is 9.89. The van der Waals surface area contributed by atoms with Gasteiger partial charge in [0.2, 0.25) is 0 Å². The Morgan fingerprint density at radius 1 is 1.38 bits per heavy atom. The van der Waals surface area contributed by atoms with E-state index < -0.39 is 0 Å². The average molecular weight is 241 g/mol. The Balaban J connectivity index is 2.11. The van der Waals surface area contributed by atoms with Gasteiger partial charge in [0.1, 0.15) is 0 Å². The Morgan fingerprint density at radius 2 is 2.12 bits per heavy atom. The van der Waals surface area contributed by atoms with E-state index >= 15 is 0 Å². The highest BCUT2D eigenvalue weighted by molar-refractivity contribution is 6.30. The first-order valence-electron chi connectivity index (χ1n) is 5.59. The van der Waals surface area contributed by atoms with Gasteiger partial charge < -0.3 is 15.7 Å². The number of piperidine rings is 1. The minimum Gasteiger partial charge on any atom is -0.394 e. The maximum absolute atomic E-state index is 9.55. The second-order valence-electron chi connectivity index (χ2n) is 4.32. The molecule has 3 nitrogen and oxygen atoms in total. The third-order valence-corrected chi connectivity index (χ3v) is 3.33. The smallest absolute Gasteiger partial charge is 0.0662 e. The van der Waals surface area contributed by atoms with Crippen LogP contribution in [0.5, 0.6) is 0 Å². The highest BCUT2D eigenvalue weighted by atomic mass is 35.5. The first-order valence-corrected chi connectivity index (χ1v) is 5.97. The van der Waals surface area contributed by atoms with Gasteiger partial charge in [-0.2, -0.15) is 0 Å². The molecule has 1 saturated heterocycles. The molecular weight excluding hydrogens is 224 g/mol. The molecule has 88 valence electrons. The summed E-state index contributed by atoms with van der Waals surface area (Å²) >= 11 is 5.94. The van der Waals surface area contributed by atoms with Crippen LogP contribution in [0.2, 0.25) is 5.02 Å². The van der Waals surface area contributed by atoms with Crippen LogP contribution in [0.4, 0.5) is 5.69 Å². The molecule has 0 aliphatic carbocycles. The number of benzene rings is 1. The zero-order chi connectivity index (χ0) is 11.4. The van der Waals surface area contributed by atoms with Crippen molar-refractivity contribution in [3.05, 3.63) is 29.3 Å². The van der Waals surface area contributed by atoms with Crippen LogP contribution in [0.3, 0.4) is 0 Å². The van der Waals surface area contributed by atoms with Crippen LogP contribution in [0.1, 0.15) is 12.8 Å². The minimum absolute atomic E-state index is 0.154. The highest BCUT2D eigenvalue weighted by Gasteiger charge is 2.30. The van der Waals surface area contributed by atoms with Crippen LogP contribution >= 0.6 is 11.6 Å². The molecule has 0 atom stereocenters. The second kappa shape index (κ2) is 5.04. The van der Waals surface area contributed by atoms with E-state index in [1.165, 1.54) is 0 Å². The molecular formula is C12H17ClN2O. The molecule has 0 bridgehead atoms. The molecule has 0 unspecified atom stereocenters. The largest absolute Gasteiger partial charge is 0.394 e. The fraction of sp³-hybridized carbons (Fsp3) is 0.500. The molecule has 1 aromatic rings. The predicted octanol–water partition coefficient (Wildman–Crippen LogP) is 1.87. The fourth-order valence-corrected chi connectivity index (χ4v) is 2.29. The summed E-state index contributed by atoms with van der Waals surface area (Å²) in [5.41, 5.74) is 0.777. The monoisotopic (exact) mass is 240 g/mol. The normalized spacial score (nSPS) is 19.4. The summed E-state index contributed by atoms with van der Waals surface area (Å²) in [5.74, 6) is 0. The number of aliphatic hydroxyl groups is 1. The van der Waals surface area contributed by atoms with Crippen LogP contribution in [0.25, 0.3) is 0 Å². The maximum atomic E-state index is 9.55. The van der Waals surface area contributed by atoms with E-state index in [0.29, 0.717) is 5.02 Å². The molecule has 0 spiro atoms. The van der Waals surface area contributed by atoms with Crippen molar-refractivity contribution >= 4 is 17.3 Å². The van der Waals surface area contributed by atoms with Crippen LogP contribution in [-0.2, 0) is 0 Å². The van der Waals surface area contributed by atoms with Crippen LogP contribution in [-0.4, -0.2) is 30.3 Å². The van der Waals surface area contributed by atoms with E-state index in [9.17, 15) is 5.11 Å². The van der Waals surface area contributed by atoms with Crippen molar-refractivity contribution in [2.45, 2.75) is 18.4 Å². The zero-order valence-electron chi connectivity index (χ0n) is 9.17. The number of hydrogen-bond acceptors (Lipinski definition) is 3. The van der Waals surface area contributed by atoms with Gasteiger partial charge in [-0.1, -0.05) is 17.7 Å². The van der Waals surface area contributed by atoms with Crippen molar-refractivity contribution in [2.75, 3.05) is 25.0 Å². The molecule has 3 N–H and O–H groups in total. The lowest BCUT2D eigenvalue weighted by Gasteiger charge is -2.37. The predicted molar refractivity (Wildman–Crippen MR) is 67.0 cm³/mol. The first-order chi connectivity index (χ1) is 7.74. The SMILES string of the molecule is OCC1(Nc2cccc(Cl)c2)CCNCC1. The van der Waals surface area contributed by atoms with Gasteiger partial charge in [-0.05, 0) is 44.1 Å². The molecule has 0 saturated carbocycles. The van der Waals surface area contributed by atoms with Crippen molar-refractivity contribution in [1.82, 2.24) is 5.32 Å². The Bertz CT molecular complexity index is 351. The van der Waals surface area contributed by atoms with Crippen LogP contribution in [0.15, 0.2) is 24.3 Å². The van der Waals surface area contributed by atoms with E-state index in [2.05, 4.69) is 10.6 Å². The summed E-state index contributed by atoms with van der Waals surface area (Å²) in [6.45, 7) is 2.03. The number of rotatable bonds is 3. The molecule has 0 amide bonds. The molecule has 1 aromatic carbocycles. The van der Waals surface area contributed by atoms with Gasteiger partial charge in [0.05, 0.1) is 12.1 Å². The molecule has 1 aliphatic heterocycles. The van der Waals surface area contributed by atoms with Crippen molar-refractivity contribution in [1.29, 1.82) is 0 Å². The van der Waals surface area contributed by atoms with Gasteiger partial charge in [-0.3, -0.25) is 0 Å². The molecule has 16 heavy (non-hydrogen) atoms. The number of nitrogens with one attached hydrogen (secondary N) is 2. The minimum atomic E-state index is -0.198. The number of halogens is 1. The number of hydrogen-bond donors (Lipinski definition) is 3. The van der Waals surface area contributed by atoms with E-state index in [0.717, 1.165) is 31.6 Å². The van der Waals surface area contributed by atoms with Crippen molar-refractivity contribution in [3.63, 3.8) is 0 Å². The number of aliphatic hydroxyl groups excluding tert-OH is 1. The third-order valence-electron chi connectivity index (χ3n) is 3.10. The average Bonchev–Trinajstić information content (AvgIpc) is 2.30. The molecule has 1 aliphatic rings. The fourth-order valence-electron chi connectivity index (χ4n) is 2.10. The quantitative estimate of drug-likeness (QED) is 0.756. The van der Waals surface area contributed by atoms with Gasteiger partial charge in [0.15, 0.2) is 0 Å². The van der Waals surface area contributed by atoms with E-state index in [-0.39, 0.29) is 12.1 Å². The summed E-state index contributed by atoms with van der Waals surface area (Å²) in [4.78, 5) is 0. The standard InChI is InChI=1S/C12H17ClN2O/c13-10-2-1-3-11(8-10)15-12(9-16)4-6-14-7-5-12/h1-3,8,14-16H,4-7,9H2. The van der Waals surface area contributed by atoms with Crippen LogP contribution < -0.4 is 10.6 Å². The zero-order valence-corrected chi connectivity index (χ0v) is 9.93. The Hall–Kier alpha value is -0.770. The molecule has 1 fully saturated rings. The summed E-state index contributed by atoms with van der Waals surface area (Å²) in [5, 5.41) is 17.0. The summed E-state index contributed by atoms with van der Waals surface area (Å²) in [6.07, 6.45) is 1.85. The van der Waals surface area contributed by atoms with Crippen molar-refractivity contribution in [3.8, 4) is 0 Å². The van der Waals surface area contributed by atoms with Gasteiger partial charge in [-0.25, -0.2) is 0 Å². The lowest BCUT2D eigenvalue weighted by molar-refractivity contribution is 0.179. The lowest BCUT2D eigenvalue weighted by Crippen LogP contribution is -2.50. The molecule has 4 heteroatoms. The summed E-state index contributed by atoms with van der Waals surface area (Å²) in [7, 11) is 0. The Labute approximate surface area is 101 Å². The molecule has 2 rings (SSSR count). The maximum Gasteiger partial charge on any atom is 0.0662 e. The first kappa shape index (κ1) is 11.7. The molecule has 1 heterocycles. The molecule has 0 radical (unpaired) electrons. The van der Waals surface area contributed by atoms with Gasteiger partial charge in [-0.15, -0.1) is 0 Å². The van der Waals surface area contributed by atoms with Crippen molar-refractivity contribution < 1.29 is 5.11 Å². The van der Waals surface area contributed by atoms with E-state index in [1.54, 1.807) is 0 Å². The van der Waals surface area contributed by atoms with E-state index in [4.69, 9.17) is 11.6 Å². The Kier molecular flexibility index (Phi) is 3.69. The van der Waals surface area contributed by atoms with Crippen molar-refractivity contribution in [2.24, 2.45) is 0 Å². The second-order valence-corrected chi connectivity index (χ2v) is 4.76.